The van der Waals surface area contributed by atoms with Crippen LogP contribution in [0.15, 0.2) is 21.9 Å². The maximum absolute atomic E-state index is 12.3. The summed E-state index contributed by atoms with van der Waals surface area (Å²) in [5.74, 6) is 0. The van der Waals surface area contributed by atoms with Gasteiger partial charge in [0.15, 0.2) is 6.23 Å². The first-order valence-corrected chi connectivity index (χ1v) is 14.8. The summed E-state index contributed by atoms with van der Waals surface area (Å²) >= 11 is 0. The number of ether oxygens (including phenoxy) is 2. The molecule has 0 aliphatic carbocycles. The Morgan fingerprint density at radius 1 is 0.944 bits per heavy atom. The Balaban J connectivity index is 1.71. The van der Waals surface area contributed by atoms with E-state index in [1.807, 2.05) is 0 Å². The van der Waals surface area contributed by atoms with Gasteiger partial charge in [-0.3, -0.25) is 18.9 Å². The van der Waals surface area contributed by atoms with Gasteiger partial charge in [-0.2, -0.15) is 0 Å². The topological polar surface area (TPSA) is 140 Å². The van der Waals surface area contributed by atoms with Crippen LogP contribution in [0.1, 0.15) is 103 Å². The molecule has 0 radical (unpaired) electrons. The highest BCUT2D eigenvalue weighted by Crippen LogP contribution is 2.37. The van der Waals surface area contributed by atoms with Crippen LogP contribution in [0.25, 0.3) is 0 Å². The van der Waals surface area contributed by atoms with Gasteiger partial charge in [-0.1, -0.05) is 90.4 Å². The Kier molecular flexibility index (Phi) is 15.5. The first-order chi connectivity index (χ1) is 17.5. The second-order valence-electron chi connectivity index (χ2n) is 9.55. The second kappa shape index (κ2) is 18.0. The number of unbranched alkanes of at least 4 members (excludes halogenated alkanes) is 13. The summed E-state index contributed by atoms with van der Waals surface area (Å²) in [6.45, 7) is 2.12. The number of rotatable bonds is 20. The van der Waals surface area contributed by atoms with E-state index < -0.39 is 50.7 Å². The number of aromatic nitrogens is 2. The zero-order chi connectivity index (χ0) is 26.2. The zero-order valence-electron chi connectivity index (χ0n) is 21.6. The van der Waals surface area contributed by atoms with Gasteiger partial charge in [-0.05, 0) is 6.42 Å². The molecule has 208 valence electrons. The van der Waals surface area contributed by atoms with Crippen molar-refractivity contribution in [2.75, 3.05) is 13.2 Å². The number of nitrogens with zero attached hydrogens (tertiary/aromatic N) is 1. The Bertz CT molecular complexity index is 861. The highest BCUT2D eigenvalue weighted by atomic mass is 31.1. The minimum atomic E-state index is -3.34. The Morgan fingerprint density at radius 3 is 2.00 bits per heavy atom. The van der Waals surface area contributed by atoms with E-state index in [4.69, 9.17) is 14.0 Å². The fourth-order valence-corrected chi connectivity index (χ4v) is 5.18. The number of nitrogens with one attached hydrogen (secondary N) is 1. The molecule has 1 saturated heterocycles. The van der Waals surface area contributed by atoms with Crippen molar-refractivity contribution in [3.63, 3.8) is 0 Å². The van der Waals surface area contributed by atoms with Crippen LogP contribution in [-0.4, -0.2) is 51.1 Å². The summed E-state index contributed by atoms with van der Waals surface area (Å²) in [6.07, 6.45) is 14.7. The molecule has 2 heterocycles. The first kappa shape index (κ1) is 30.9. The van der Waals surface area contributed by atoms with Gasteiger partial charge < -0.3 is 24.0 Å². The predicted molar refractivity (Wildman–Crippen MR) is 138 cm³/mol. The molecule has 10 nitrogen and oxygen atoms in total. The van der Waals surface area contributed by atoms with Crippen molar-refractivity contribution in [3.8, 4) is 0 Å². The zero-order valence-corrected chi connectivity index (χ0v) is 22.6. The van der Waals surface area contributed by atoms with E-state index in [-0.39, 0.29) is 0 Å². The van der Waals surface area contributed by atoms with Crippen LogP contribution in [0, 0.1) is 0 Å². The molecule has 36 heavy (non-hydrogen) atoms. The highest BCUT2D eigenvalue weighted by molar-refractivity contribution is 7.32. The van der Waals surface area contributed by atoms with Crippen molar-refractivity contribution in [2.45, 2.75) is 121 Å². The largest absolute Gasteiger partial charge is 0.394 e. The molecule has 3 N–H and O–H groups in total. The smallest absolute Gasteiger partial charge is 0.330 e. The number of aliphatic hydroxyl groups is 1. The van der Waals surface area contributed by atoms with E-state index in [2.05, 4.69) is 11.9 Å². The van der Waals surface area contributed by atoms with Crippen LogP contribution in [-0.2, 0) is 18.6 Å². The van der Waals surface area contributed by atoms with Crippen LogP contribution >= 0.6 is 8.25 Å². The van der Waals surface area contributed by atoms with Crippen molar-refractivity contribution in [1.82, 2.24) is 9.55 Å². The third kappa shape index (κ3) is 11.0. The quantitative estimate of drug-likeness (QED) is 0.169. The molecule has 5 atom stereocenters. The summed E-state index contributed by atoms with van der Waals surface area (Å²) < 4.78 is 29.3. The minimum absolute atomic E-state index is 0.352. The lowest BCUT2D eigenvalue weighted by Crippen LogP contribution is -2.40. The van der Waals surface area contributed by atoms with Crippen LogP contribution in [0.3, 0.4) is 0 Å². The molecule has 1 aromatic rings. The van der Waals surface area contributed by atoms with Crippen LogP contribution in [0.2, 0.25) is 0 Å². The fraction of sp³-hybridized carbons (Fsp3) is 0.840. The third-order valence-electron chi connectivity index (χ3n) is 6.64. The maximum atomic E-state index is 12.3. The average Bonchev–Trinajstić information content (AvgIpc) is 3.17. The maximum Gasteiger partial charge on any atom is 0.330 e. The van der Waals surface area contributed by atoms with Crippen LogP contribution in [0.5, 0.6) is 0 Å². The van der Waals surface area contributed by atoms with Gasteiger partial charge in [0.05, 0.1) is 6.61 Å². The van der Waals surface area contributed by atoms with Gasteiger partial charge in [0.1, 0.15) is 18.3 Å². The van der Waals surface area contributed by atoms with E-state index >= 15 is 0 Å². The van der Waals surface area contributed by atoms with E-state index in [9.17, 15) is 24.2 Å². The fourth-order valence-electron chi connectivity index (χ4n) is 4.66. The molecule has 11 heteroatoms. The van der Waals surface area contributed by atoms with Crippen LogP contribution in [0.4, 0.5) is 0 Å². The summed E-state index contributed by atoms with van der Waals surface area (Å²) in [5, 5.41) is 9.67. The molecule has 0 aromatic carbocycles. The normalized spacial score (nSPS) is 22.8. The van der Waals surface area contributed by atoms with E-state index in [0.29, 0.717) is 6.61 Å². The number of aliphatic hydroxyl groups excluding tert-OH is 1. The van der Waals surface area contributed by atoms with Gasteiger partial charge in [-0.15, -0.1) is 0 Å². The number of hydrogen-bond acceptors (Lipinski definition) is 7. The number of H-pyrrole nitrogens is 1. The first-order valence-electron chi connectivity index (χ1n) is 13.6. The van der Waals surface area contributed by atoms with Gasteiger partial charge in [0, 0.05) is 18.9 Å². The lowest BCUT2D eigenvalue weighted by molar-refractivity contribution is -0.0744. The molecule has 1 aliphatic heterocycles. The molecular weight excluding hydrogens is 487 g/mol. The SMILES string of the molecule is CCCCCCCCCCCCCCCCOC1C(O[PH](=O)O)C(CO)OC1n1ccc(=O)[nH]c1=O. The number of hydrogen-bond donors (Lipinski definition) is 3. The third-order valence-corrected chi connectivity index (χ3v) is 7.11. The van der Waals surface area contributed by atoms with E-state index in [0.717, 1.165) is 23.8 Å². The molecule has 0 saturated carbocycles. The second-order valence-corrected chi connectivity index (χ2v) is 10.3. The monoisotopic (exact) mass is 532 g/mol. The van der Waals surface area contributed by atoms with Gasteiger partial charge in [0.2, 0.25) is 0 Å². The van der Waals surface area contributed by atoms with Crippen molar-refractivity contribution in [2.24, 2.45) is 0 Å². The minimum Gasteiger partial charge on any atom is -0.394 e. The van der Waals surface area contributed by atoms with Gasteiger partial charge in [0.25, 0.3) is 5.56 Å². The Labute approximate surface area is 214 Å². The van der Waals surface area contributed by atoms with Crippen molar-refractivity contribution >= 4 is 8.25 Å². The standard InChI is InChI=1S/C25H45N2O8P/c1-2-3-4-5-6-7-8-9-10-11-12-13-14-15-18-33-23-22(35-36(31)32)20(19-28)34-24(23)27-17-16-21(29)26-25(27)30/h16-17,20,22-24,28,36H,2-15,18-19H2,1H3,(H,31,32)(H,26,29,30). The molecule has 2 rings (SSSR count). The summed E-state index contributed by atoms with van der Waals surface area (Å²) in [4.78, 5) is 35.2. The molecule has 1 fully saturated rings. The number of aromatic amines is 1. The Morgan fingerprint density at radius 2 is 1.50 bits per heavy atom. The predicted octanol–water partition coefficient (Wildman–Crippen LogP) is 4.06. The van der Waals surface area contributed by atoms with Gasteiger partial charge >= 0.3 is 13.9 Å². The highest BCUT2D eigenvalue weighted by Gasteiger charge is 2.48. The van der Waals surface area contributed by atoms with E-state index in [1.54, 1.807) is 0 Å². The lowest BCUT2D eigenvalue weighted by Gasteiger charge is -2.24. The van der Waals surface area contributed by atoms with Crippen molar-refractivity contribution in [3.05, 3.63) is 33.1 Å². The summed E-state index contributed by atoms with van der Waals surface area (Å²) in [6, 6.07) is 1.17. The molecule has 0 spiro atoms. The lowest BCUT2D eigenvalue weighted by atomic mass is 10.0. The Hall–Kier alpha value is -1.29. The van der Waals surface area contributed by atoms with Gasteiger partial charge in [-0.25, -0.2) is 4.79 Å². The van der Waals surface area contributed by atoms with Crippen LogP contribution < -0.4 is 11.2 Å². The van der Waals surface area contributed by atoms with Crippen molar-refractivity contribution < 1.29 is 28.6 Å². The summed E-state index contributed by atoms with van der Waals surface area (Å²) in [5.41, 5.74) is -1.26. The molecule has 0 bridgehead atoms. The molecular formula is C25H45N2O8P. The molecule has 0 amide bonds. The van der Waals surface area contributed by atoms with Crippen molar-refractivity contribution in [1.29, 1.82) is 0 Å². The van der Waals surface area contributed by atoms with E-state index in [1.165, 1.54) is 82.9 Å². The molecule has 1 aromatic heterocycles. The summed E-state index contributed by atoms with van der Waals surface area (Å²) in [7, 11) is -3.34. The molecule has 1 aliphatic rings. The average molecular weight is 533 g/mol. The molecule has 5 unspecified atom stereocenters.